The van der Waals surface area contributed by atoms with E-state index < -0.39 is 9.84 Å². The lowest BCUT2D eigenvalue weighted by atomic mass is 10.2. The molecular weight excluding hydrogens is 290 g/mol. The summed E-state index contributed by atoms with van der Waals surface area (Å²) in [7, 11) is -3.12. The maximum absolute atomic E-state index is 11.7. The molecule has 2 aromatic rings. The van der Waals surface area contributed by atoms with Crippen molar-refractivity contribution >= 4 is 26.9 Å². The molecule has 0 aliphatic heterocycles. The summed E-state index contributed by atoms with van der Waals surface area (Å²) >= 11 is 1.77. The molecule has 0 aliphatic carbocycles. The van der Waals surface area contributed by atoms with E-state index in [0.29, 0.717) is 4.90 Å². The predicted molar refractivity (Wildman–Crippen MR) is 85.3 cm³/mol. The minimum absolute atomic E-state index is 0.130. The third-order valence-electron chi connectivity index (χ3n) is 3.16. The summed E-state index contributed by atoms with van der Waals surface area (Å²) in [6.07, 6.45) is 0. The van der Waals surface area contributed by atoms with E-state index in [4.69, 9.17) is 0 Å². The van der Waals surface area contributed by atoms with E-state index in [9.17, 15) is 8.42 Å². The van der Waals surface area contributed by atoms with Crippen LogP contribution in [0.3, 0.4) is 0 Å². The normalized spacial score (nSPS) is 13.2. The topological polar surface area (TPSA) is 46.2 Å². The summed E-state index contributed by atoms with van der Waals surface area (Å²) < 4.78 is 23.5. The summed E-state index contributed by atoms with van der Waals surface area (Å²) in [4.78, 5) is 2.94. The molecule has 0 aliphatic rings. The standard InChI is InChI=1S/C15H19NO2S2/c1-4-20(17,18)14-8-6-13(7-9-14)16-12(3)15-10-5-11(2)19-15/h5-10,12,16H,4H2,1-3H3. The number of thiophene rings is 1. The van der Waals surface area contributed by atoms with E-state index in [0.717, 1.165) is 5.69 Å². The summed E-state index contributed by atoms with van der Waals surface area (Å²) in [5, 5.41) is 3.38. The van der Waals surface area contributed by atoms with Crippen LogP contribution in [0.25, 0.3) is 0 Å². The first kappa shape index (κ1) is 15.1. The predicted octanol–water partition coefficient (Wildman–Crippen LogP) is 4.02. The van der Waals surface area contributed by atoms with Crippen molar-refractivity contribution in [2.45, 2.75) is 31.7 Å². The Morgan fingerprint density at radius 2 is 1.80 bits per heavy atom. The van der Waals surface area contributed by atoms with E-state index in [-0.39, 0.29) is 11.8 Å². The van der Waals surface area contributed by atoms with Crippen LogP contribution in [0.4, 0.5) is 5.69 Å². The minimum atomic E-state index is -3.12. The van der Waals surface area contributed by atoms with Crippen molar-refractivity contribution < 1.29 is 8.42 Å². The molecular formula is C15H19NO2S2. The van der Waals surface area contributed by atoms with Gasteiger partial charge in [-0.05, 0) is 50.2 Å². The van der Waals surface area contributed by atoms with Crippen LogP contribution < -0.4 is 5.32 Å². The highest BCUT2D eigenvalue weighted by atomic mass is 32.2. The highest BCUT2D eigenvalue weighted by Crippen LogP contribution is 2.26. The van der Waals surface area contributed by atoms with Crippen molar-refractivity contribution in [3.63, 3.8) is 0 Å². The van der Waals surface area contributed by atoms with Crippen LogP contribution in [-0.4, -0.2) is 14.2 Å². The van der Waals surface area contributed by atoms with E-state index in [2.05, 4.69) is 31.3 Å². The number of nitrogens with one attached hydrogen (secondary N) is 1. The zero-order valence-electron chi connectivity index (χ0n) is 11.9. The SMILES string of the molecule is CCS(=O)(=O)c1ccc(NC(C)c2ccc(C)s2)cc1. The number of hydrogen-bond acceptors (Lipinski definition) is 4. The second-order valence-electron chi connectivity index (χ2n) is 4.74. The molecule has 0 spiro atoms. The van der Waals surface area contributed by atoms with Gasteiger partial charge in [0.25, 0.3) is 0 Å². The molecule has 1 heterocycles. The van der Waals surface area contributed by atoms with E-state index in [1.54, 1.807) is 30.4 Å². The zero-order chi connectivity index (χ0) is 14.8. The minimum Gasteiger partial charge on any atom is -0.378 e. The van der Waals surface area contributed by atoms with Crippen LogP contribution in [0.15, 0.2) is 41.3 Å². The van der Waals surface area contributed by atoms with E-state index in [1.807, 2.05) is 12.1 Å². The molecule has 1 aromatic heterocycles. The van der Waals surface area contributed by atoms with E-state index in [1.165, 1.54) is 9.75 Å². The maximum atomic E-state index is 11.7. The third-order valence-corrected chi connectivity index (χ3v) is 6.10. The summed E-state index contributed by atoms with van der Waals surface area (Å²) in [5.74, 6) is 0.130. The lowest BCUT2D eigenvalue weighted by molar-refractivity contribution is 0.597. The van der Waals surface area contributed by atoms with Crippen molar-refractivity contribution in [2.75, 3.05) is 11.1 Å². The number of benzene rings is 1. The molecule has 20 heavy (non-hydrogen) atoms. The van der Waals surface area contributed by atoms with Crippen molar-refractivity contribution in [1.29, 1.82) is 0 Å². The van der Waals surface area contributed by atoms with Crippen LogP contribution >= 0.6 is 11.3 Å². The average molecular weight is 309 g/mol. The van der Waals surface area contributed by atoms with Gasteiger partial charge in [0, 0.05) is 15.4 Å². The number of aryl methyl sites for hydroxylation is 1. The van der Waals surface area contributed by atoms with Crippen LogP contribution in [0.1, 0.15) is 29.6 Å². The van der Waals surface area contributed by atoms with Crippen molar-refractivity contribution in [3.05, 3.63) is 46.2 Å². The quantitative estimate of drug-likeness (QED) is 0.907. The number of anilines is 1. The summed E-state index contributed by atoms with van der Waals surface area (Å²) in [6, 6.07) is 11.4. The Balaban J connectivity index is 2.11. The van der Waals surface area contributed by atoms with Gasteiger partial charge in [-0.2, -0.15) is 0 Å². The van der Waals surface area contributed by atoms with E-state index >= 15 is 0 Å². The van der Waals surface area contributed by atoms with Crippen LogP contribution in [0.5, 0.6) is 0 Å². The lowest BCUT2D eigenvalue weighted by Crippen LogP contribution is -2.06. The molecule has 0 amide bonds. The van der Waals surface area contributed by atoms with Gasteiger partial charge in [-0.3, -0.25) is 0 Å². The molecule has 0 saturated heterocycles. The molecule has 1 atom stereocenters. The monoisotopic (exact) mass is 309 g/mol. The highest BCUT2D eigenvalue weighted by molar-refractivity contribution is 7.91. The van der Waals surface area contributed by atoms with Gasteiger partial charge >= 0.3 is 0 Å². The summed E-state index contributed by atoms with van der Waals surface area (Å²) in [6.45, 7) is 5.84. The Hall–Kier alpha value is -1.33. The molecule has 5 heteroatoms. The Labute approximate surface area is 124 Å². The third kappa shape index (κ3) is 3.41. The molecule has 0 saturated carbocycles. The first-order valence-corrected chi connectivity index (χ1v) is 9.05. The van der Waals surface area contributed by atoms with Crippen LogP contribution in [0, 0.1) is 6.92 Å². The fourth-order valence-corrected chi connectivity index (χ4v) is 3.70. The number of sulfone groups is 1. The fraction of sp³-hybridized carbons (Fsp3) is 0.333. The lowest BCUT2D eigenvalue weighted by Gasteiger charge is -2.14. The van der Waals surface area contributed by atoms with Crippen LogP contribution in [0.2, 0.25) is 0 Å². The van der Waals surface area contributed by atoms with Gasteiger partial charge in [0.15, 0.2) is 9.84 Å². The van der Waals surface area contributed by atoms with Gasteiger partial charge in [-0.25, -0.2) is 8.42 Å². The zero-order valence-corrected chi connectivity index (χ0v) is 13.5. The first-order chi connectivity index (χ1) is 9.42. The average Bonchev–Trinajstić information content (AvgIpc) is 2.86. The molecule has 2 rings (SSSR count). The molecule has 0 radical (unpaired) electrons. The smallest absolute Gasteiger partial charge is 0.178 e. The summed E-state index contributed by atoms with van der Waals surface area (Å²) in [5.41, 5.74) is 0.929. The largest absolute Gasteiger partial charge is 0.378 e. The van der Waals surface area contributed by atoms with Crippen molar-refractivity contribution in [1.82, 2.24) is 0 Å². The van der Waals surface area contributed by atoms with Gasteiger partial charge in [-0.15, -0.1) is 11.3 Å². The van der Waals surface area contributed by atoms with Gasteiger partial charge < -0.3 is 5.32 Å². The van der Waals surface area contributed by atoms with Gasteiger partial charge in [0.1, 0.15) is 0 Å². The van der Waals surface area contributed by atoms with Gasteiger partial charge in [-0.1, -0.05) is 6.92 Å². The Kier molecular flexibility index (Phi) is 4.50. The van der Waals surface area contributed by atoms with Crippen molar-refractivity contribution in [2.24, 2.45) is 0 Å². The maximum Gasteiger partial charge on any atom is 0.178 e. The van der Waals surface area contributed by atoms with Gasteiger partial charge in [0.2, 0.25) is 0 Å². The molecule has 1 unspecified atom stereocenters. The number of rotatable bonds is 5. The molecule has 1 N–H and O–H groups in total. The molecule has 0 bridgehead atoms. The Bertz CT molecular complexity index is 672. The van der Waals surface area contributed by atoms with Crippen LogP contribution in [-0.2, 0) is 9.84 Å². The highest BCUT2D eigenvalue weighted by Gasteiger charge is 2.12. The second kappa shape index (κ2) is 5.97. The molecule has 108 valence electrons. The first-order valence-electron chi connectivity index (χ1n) is 6.58. The number of hydrogen-bond donors (Lipinski definition) is 1. The van der Waals surface area contributed by atoms with Gasteiger partial charge in [0.05, 0.1) is 16.7 Å². The fourth-order valence-electron chi connectivity index (χ4n) is 1.93. The second-order valence-corrected chi connectivity index (χ2v) is 8.34. The molecule has 3 nitrogen and oxygen atoms in total. The molecule has 1 aromatic carbocycles. The van der Waals surface area contributed by atoms with Crippen molar-refractivity contribution in [3.8, 4) is 0 Å². The Morgan fingerprint density at radius 3 is 2.30 bits per heavy atom. The molecule has 0 fully saturated rings. The Morgan fingerprint density at radius 1 is 1.15 bits per heavy atom.